The fourth-order valence-corrected chi connectivity index (χ4v) is 7.08. The molecule has 0 atom stereocenters. The van der Waals surface area contributed by atoms with Crippen molar-refractivity contribution in [1.82, 2.24) is 9.80 Å². The Morgan fingerprint density at radius 2 is 1.18 bits per heavy atom. The molecule has 2 aliphatic heterocycles. The van der Waals surface area contributed by atoms with Crippen LogP contribution in [0.15, 0.2) is 105 Å². The zero-order valence-electron chi connectivity index (χ0n) is 26.6. The van der Waals surface area contributed by atoms with E-state index in [0.29, 0.717) is 0 Å². The van der Waals surface area contributed by atoms with Gasteiger partial charge in [-0.05, 0) is 115 Å². The summed E-state index contributed by atoms with van der Waals surface area (Å²) in [5.41, 5.74) is 4.75. The van der Waals surface area contributed by atoms with E-state index in [-0.39, 0.29) is 56.9 Å². The molecule has 2 aliphatic rings. The Labute approximate surface area is 335 Å². The van der Waals surface area contributed by atoms with Crippen molar-refractivity contribution in [2.75, 3.05) is 63.9 Å². The normalized spacial score (nSPS) is 12.0. The molecular weight excluding hydrogens is 690 g/mol. The molecule has 0 aromatic heterocycles. The van der Waals surface area contributed by atoms with Crippen molar-refractivity contribution in [2.24, 2.45) is 0 Å². The largest absolute Gasteiger partial charge is 1.00 e. The van der Waals surface area contributed by atoms with Crippen LogP contribution in [0.2, 0.25) is 10.0 Å². The summed E-state index contributed by atoms with van der Waals surface area (Å²) in [6.45, 7) is 3.19. The molecule has 5 nitrogen and oxygen atoms in total. The molecule has 0 radical (unpaired) electrons. The first-order valence-corrected chi connectivity index (χ1v) is 17.2. The van der Waals surface area contributed by atoms with Crippen LogP contribution in [-0.4, -0.2) is 69.0 Å². The molecule has 2 heterocycles. The Morgan fingerprint density at radius 1 is 0.644 bits per heavy atom. The van der Waals surface area contributed by atoms with Crippen molar-refractivity contribution in [3.63, 3.8) is 0 Å². The first-order chi connectivity index (χ1) is 20.7. The van der Waals surface area contributed by atoms with Crippen LogP contribution < -0.4 is 61.6 Å². The first-order valence-electron chi connectivity index (χ1n) is 14.3. The number of rotatable bonds is 7. The average molecular weight is 730 g/mol. The number of para-hydroxylation sites is 2. The van der Waals surface area contributed by atoms with Gasteiger partial charge >= 0.3 is 51.4 Å². The summed E-state index contributed by atoms with van der Waals surface area (Å²) in [6, 6.07) is 29.0. The van der Waals surface area contributed by atoms with Crippen LogP contribution in [0.3, 0.4) is 0 Å². The third kappa shape index (κ3) is 12.5. The fraction of sp³-hybridized carbons (Fsp3) is 0.294. The predicted octanol–water partition coefficient (Wildman–Crippen LogP) is 7.45. The maximum atomic E-state index is 6.21. The second-order valence-corrected chi connectivity index (χ2v) is 14.1. The van der Waals surface area contributed by atoms with E-state index in [9.17, 15) is 0 Å². The molecule has 0 unspecified atom stereocenters. The molecule has 4 aromatic rings. The van der Waals surface area contributed by atoms with E-state index in [1.54, 1.807) is 11.8 Å². The quantitative estimate of drug-likeness (QED) is 0.138. The maximum Gasteiger partial charge on any atom is 1.00 e. The molecule has 0 aliphatic carbocycles. The smallest absolute Gasteiger partial charge is 0.870 e. The van der Waals surface area contributed by atoms with Gasteiger partial charge in [-0.3, -0.25) is 0 Å². The number of fused-ring (bicyclic) bond motifs is 4. The molecule has 0 amide bonds. The van der Waals surface area contributed by atoms with Crippen LogP contribution in [0.1, 0.15) is 12.8 Å². The number of nitrogens with one attached hydrogen (secondary N) is 1. The van der Waals surface area contributed by atoms with Crippen molar-refractivity contribution in [3.05, 3.63) is 95.0 Å². The van der Waals surface area contributed by atoms with Gasteiger partial charge in [0.15, 0.2) is 0 Å². The van der Waals surface area contributed by atoms with Crippen LogP contribution in [0.5, 0.6) is 0 Å². The predicted molar refractivity (Wildman–Crippen MR) is 193 cm³/mol. The maximum absolute atomic E-state index is 6.21. The van der Waals surface area contributed by atoms with Crippen molar-refractivity contribution in [1.29, 1.82) is 0 Å². The molecule has 45 heavy (non-hydrogen) atoms. The Balaban J connectivity index is 0.000000258. The fourth-order valence-electron chi connectivity index (χ4n) is 4.58. The summed E-state index contributed by atoms with van der Waals surface area (Å²) in [4.78, 5) is 11.8. The van der Waals surface area contributed by atoms with Crippen LogP contribution in [-0.2, 0) is 0 Å². The van der Waals surface area contributed by atoms with Gasteiger partial charge in [-0.2, -0.15) is 0 Å². The molecule has 0 fully saturated rings. The molecule has 236 valence electrons. The Bertz CT molecular complexity index is 1500. The van der Waals surface area contributed by atoms with Gasteiger partial charge in [0.2, 0.25) is 0 Å². The van der Waals surface area contributed by atoms with Gasteiger partial charge in [-0.25, -0.2) is 0 Å². The van der Waals surface area contributed by atoms with Gasteiger partial charge in [0, 0.05) is 42.1 Å². The molecule has 6 rings (SSSR count). The van der Waals surface area contributed by atoms with E-state index in [1.165, 1.54) is 31.0 Å². The van der Waals surface area contributed by atoms with E-state index in [0.717, 1.165) is 59.8 Å². The zero-order chi connectivity index (χ0) is 30.8. The van der Waals surface area contributed by atoms with Gasteiger partial charge in [0.25, 0.3) is 0 Å². The topological polar surface area (TPSA) is 51.8 Å². The summed E-state index contributed by atoms with van der Waals surface area (Å²) >= 11 is 21.2. The van der Waals surface area contributed by atoms with Crippen molar-refractivity contribution in [3.8, 4) is 0 Å². The van der Waals surface area contributed by atoms with Gasteiger partial charge in [-0.15, -0.1) is 11.6 Å². The van der Waals surface area contributed by atoms with Crippen LogP contribution in [0, 0.1) is 0 Å². The zero-order valence-corrected chi connectivity index (χ0v) is 33.6. The van der Waals surface area contributed by atoms with Crippen molar-refractivity contribution < 1.29 is 56.9 Å². The SMILES string of the molecule is CN(C)CCCCl.CN(C)CCCN1c2ccccc2Sc2ccc(Cl)cc21.Clc1ccc2c(c1)Nc1ccccc1S2.[K+].[OH-]. The number of hydrogen-bond acceptors (Lipinski definition) is 7. The van der Waals surface area contributed by atoms with Crippen LogP contribution in [0.4, 0.5) is 22.7 Å². The number of halogens is 3. The number of hydrogen-bond donors (Lipinski definition) is 1. The molecular formula is C34H40Cl3KN4OS2. The molecule has 0 saturated carbocycles. The molecule has 0 bridgehead atoms. The molecule has 0 spiro atoms. The molecule has 0 saturated heterocycles. The van der Waals surface area contributed by atoms with Crippen LogP contribution in [0.25, 0.3) is 0 Å². The minimum Gasteiger partial charge on any atom is -0.870 e. The van der Waals surface area contributed by atoms with E-state index in [1.807, 2.05) is 56.2 Å². The Hall–Kier alpha value is -0.434. The number of anilines is 4. The number of nitrogens with zero attached hydrogens (tertiary/aromatic N) is 3. The minimum absolute atomic E-state index is 0. The van der Waals surface area contributed by atoms with Crippen LogP contribution >= 0.6 is 58.3 Å². The second kappa shape index (κ2) is 20.8. The van der Waals surface area contributed by atoms with Gasteiger partial charge in [0.05, 0.1) is 22.7 Å². The summed E-state index contributed by atoms with van der Waals surface area (Å²) in [7, 11) is 8.33. The summed E-state index contributed by atoms with van der Waals surface area (Å²) in [5.74, 6) is 0.776. The number of benzene rings is 4. The average Bonchev–Trinajstić information content (AvgIpc) is 2.99. The Morgan fingerprint density at radius 3 is 1.84 bits per heavy atom. The first kappa shape index (κ1) is 40.7. The Kier molecular flexibility index (Phi) is 18.9. The second-order valence-electron chi connectivity index (χ2n) is 10.7. The molecule has 2 N–H and O–H groups in total. The van der Waals surface area contributed by atoms with Crippen molar-refractivity contribution >= 4 is 81.1 Å². The summed E-state index contributed by atoms with van der Waals surface area (Å²) in [5, 5.41) is 4.94. The standard InChI is InChI=1S/C17H19ClN2S.C12H8ClNS.C5H12ClN.K.H2O/c1-19(2)10-5-11-20-14-6-3-4-7-16(14)21-17-9-8-13(18)12-15(17)20;13-8-5-6-12-10(7-8)14-9-3-1-2-4-11(9)15-12;1-7(2)5-3-4-6;;/h3-4,6-9,12H,5,10-11H2,1-2H3;1-7,14H;3-5H2,1-2H3;;1H2/q;;;+1;/p-1. The monoisotopic (exact) mass is 728 g/mol. The van der Waals surface area contributed by atoms with E-state index in [4.69, 9.17) is 34.8 Å². The molecule has 4 aromatic carbocycles. The van der Waals surface area contributed by atoms with Crippen molar-refractivity contribution in [2.45, 2.75) is 32.4 Å². The molecule has 11 heteroatoms. The third-order valence-corrected chi connectivity index (χ3v) is 9.65. The van der Waals surface area contributed by atoms with Gasteiger partial charge < -0.3 is 25.5 Å². The van der Waals surface area contributed by atoms with Gasteiger partial charge in [0.1, 0.15) is 0 Å². The van der Waals surface area contributed by atoms with E-state index < -0.39 is 0 Å². The summed E-state index contributed by atoms with van der Waals surface area (Å²) in [6.07, 6.45) is 2.21. The van der Waals surface area contributed by atoms with E-state index in [2.05, 4.69) is 88.7 Å². The number of alkyl halides is 1. The van der Waals surface area contributed by atoms with Gasteiger partial charge in [-0.1, -0.05) is 71.0 Å². The third-order valence-electron chi connectivity index (χ3n) is 6.63. The minimum atomic E-state index is 0. The summed E-state index contributed by atoms with van der Waals surface area (Å²) < 4.78 is 0. The van der Waals surface area contributed by atoms with E-state index >= 15 is 0 Å².